The van der Waals surface area contributed by atoms with Crippen LogP contribution in [0, 0.1) is 0 Å². The Bertz CT molecular complexity index is 610. The molecule has 0 saturated heterocycles. The van der Waals surface area contributed by atoms with Gasteiger partial charge in [-0.3, -0.25) is 0 Å². The second kappa shape index (κ2) is 4.65. The highest BCUT2D eigenvalue weighted by molar-refractivity contribution is 5.68. The number of ether oxygens (including phenoxy) is 2. The van der Waals surface area contributed by atoms with E-state index in [4.69, 9.17) is 15.2 Å². The topological polar surface area (TPSA) is 61.6 Å². The van der Waals surface area contributed by atoms with Gasteiger partial charge in [0.1, 0.15) is 17.6 Å². The van der Waals surface area contributed by atoms with Crippen LogP contribution in [0.1, 0.15) is 17.2 Å². The van der Waals surface area contributed by atoms with Crippen molar-refractivity contribution in [2.75, 3.05) is 0 Å². The molecule has 0 aliphatic carbocycles. The Morgan fingerprint density at radius 3 is 2.74 bits per heavy atom. The second-order valence-corrected chi connectivity index (χ2v) is 4.41. The average Bonchev–Trinajstić information content (AvgIpc) is 2.82. The fraction of sp³-hybridized carbons (Fsp3) is 0.133. The Labute approximate surface area is 110 Å². The van der Waals surface area contributed by atoms with Gasteiger partial charge in [0.15, 0.2) is 0 Å². The van der Waals surface area contributed by atoms with Crippen LogP contribution in [0.25, 0.3) is 0 Å². The lowest BCUT2D eigenvalue weighted by Gasteiger charge is -2.10. The minimum atomic E-state index is -0.822. The molecule has 4 heteroatoms. The summed E-state index contributed by atoms with van der Waals surface area (Å²) < 4.78 is 10.7. The third-order valence-corrected chi connectivity index (χ3v) is 3.10. The summed E-state index contributed by atoms with van der Waals surface area (Å²) in [6.07, 6.45) is 0.00788. The normalized spacial score (nSPS) is 16.5. The van der Waals surface area contributed by atoms with E-state index in [0.29, 0.717) is 5.75 Å². The molecule has 0 fully saturated rings. The SMILES string of the molecule is NC(=O)Oc1ccc2c(c1)OC(c1ccccc1)C2. The monoisotopic (exact) mass is 255 g/mol. The van der Waals surface area contributed by atoms with Crippen LogP contribution < -0.4 is 15.2 Å². The molecule has 96 valence electrons. The smallest absolute Gasteiger partial charge is 0.409 e. The number of fused-ring (bicyclic) bond motifs is 1. The highest BCUT2D eigenvalue weighted by atomic mass is 16.5. The van der Waals surface area contributed by atoms with Crippen LogP contribution in [0.2, 0.25) is 0 Å². The fourth-order valence-electron chi connectivity index (χ4n) is 2.24. The van der Waals surface area contributed by atoms with E-state index < -0.39 is 6.09 Å². The molecule has 0 bridgehead atoms. The maximum Gasteiger partial charge on any atom is 0.409 e. The molecule has 4 nitrogen and oxygen atoms in total. The summed E-state index contributed by atoms with van der Waals surface area (Å²) in [6.45, 7) is 0. The molecule has 1 atom stereocenters. The van der Waals surface area contributed by atoms with Gasteiger partial charge in [0.05, 0.1) is 0 Å². The van der Waals surface area contributed by atoms with Crippen LogP contribution in [0.3, 0.4) is 0 Å². The van der Waals surface area contributed by atoms with Gasteiger partial charge in [0, 0.05) is 12.5 Å². The number of hydrogen-bond donors (Lipinski definition) is 1. The molecule has 3 rings (SSSR count). The first kappa shape index (κ1) is 11.6. The third kappa shape index (κ3) is 2.38. The molecule has 1 aliphatic heterocycles. The van der Waals surface area contributed by atoms with Gasteiger partial charge in [-0.05, 0) is 17.2 Å². The zero-order valence-corrected chi connectivity index (χ0v) is 10.2. The van der Waals surface area contributed by atoms with Crippen LogP contribution in [-0.4, -0.2) is 6.09 Å². The molecule has 0 saturated carbocycles. The molecule has 1 unspecified atom stereocenters. The van der Waals surface area contributed by atoms with Gasteiger partial charge in [0.25, 0.3) is 0 Å². The Hall–Kier alpha value is -2.49. The number of nitrogens with two attached hydrogens (primary N) is 1. The maximum absolute atomic E-state index is 10.7. The van der Waals surface area contributed by atoms with Gasteiger partial charge in [-0.1, -0.05) is 36.4 Å². The molecule has 1 heterocycles. The Morgan fingerprint density at radius 1 is 1.21 bits per heavy atom. The molecular formula is C15H13NO3. The van der Waals surface area contributed by atoms with E-state index in [1.165, 1.54) is 0 Å². The van der Waals surface area contributed by atoms with Crippen molar-refractivity contribution in [3.63, 3.8) is 0 Å². The predicted molar refractivity (Wildman–Crippen MR) is 70.2 cm³/mol. The molecule has 0 aromatic heterocycles. The number of benzene rings is 2. The predicted octanol–water partition coefficient (Wildman–Crippen LogP) is 2.82. The second-order valence-electron chi connectivity index (χ2n) is 4.41. The van der Waals surface area contributed by atoms with E-state index in [-0.39, 0.29) is 6.10 Å². The van der Waals surface area contributed by atoms with E-state index in [2.05, 4.69) is 0 Å². The third-order valence-electron chi connectivity index (χ3n) is 3.10. The standard InChI is InChI=1S/C15H13NO3/c16-15(17)18-12-7-6-11-8-13(19-14(11)9-12)10-4-2-1-3-5-10/h1-7,9,13H,8H2,(H2,16,17). The molecule has 19 heavy (non-hydrogen) atoms. The first-order valence-corrected chi connectivity index (χ1v) is 6.04. The van der Waals surface area contributed by atoms with Crippen molar-refractivity contribution in [3.8, 4) is 11.5 Å². The van der Waals surface area contributed by atoms with Crippen molar-refractivity contribution in [1.82, 2.24) is 0 Å². The van der Waals surface area contributed by atoms with E-state index in [1.807, 2.05) is 36.4 Å². The lowest BCUT2D eigenvalue weighted by Crippen LogP contribution is -2.16. The minimum absolute atomic E-state index is 0.0139. The summed E-state index contributed by atoms with van der Waals surface area (Å²) in [4.78, 5) is 10.7. The fourth-order valence-corrected chi connectivity index (χ4v) is 2.24. The van der Waals surface area contributed by atoms with Crippen molar-refractivity contribution < 1.29 is 14.3 Å². The van der Waals surface area contributed by atoms with Gasteiger partial charge in [-0.2, -0.15) is 0 Å². The lowest BCUT2D eigenvalue weighted by atomic mass is 10.0. The summed E-state index contributed by atoms with van der Waals surface area (Å²) >= 11 is 0. The van der Waals surface area contributed by atoms with E-state index in [1.54, 1.807) is 12.1 Å². The van der Waals surface area contributed by atoms with Gasteiger partial charge in [-0.25, -0.2) is 4.79 Å². The van der Waals surface area contributed by atoms with Crippen molar-refractivity contribution in [2.24, 2.45) is 5.73 Å². The number of primary amides is 1. The summed E-state index contributed by atoms with van der Waals surface area (Å²) in [6, 6.07) is 15.4. The quantitative estimate of drug-likeness (QED) is 0.897. The largest absolute Gasteiger partial charge is 0.485 e. The molecule has 0 radical (unpaired) electrons. The number of carbonyl (C=O) groups is 1. The molecule has 1 aliphatic rings. The number of rotatable bonds is 2. The molecule has 2 aromatic rings. The van der Waals surface area contributed by atoms with Crippen molar-refractivity contribution >= 4 is 6.09 Å². The summed E-state index contributed by atoms with van der Waals surface area (Å²) in [5.74, 6) is 1.15. The van der Waals surface area contributed by atoms with Crippen molar-refractivity contribution in [3.05, 3.63) is 59.7 Å². The van der Waals surface area contributed by atoms with E-state index >= 15 is 0 Å². The van der Waals surface area contributed by atoms with Crippen LogP contribution >= 0.6 is 0 Å². The van der Waals surface area contributed by atoms with Crippen LogP contribution in [0.15, 0.2) is 48.5 Å². The molecule has 1 amide bonds. The zero-order valence-electron chi connectivity index (χ0n) is 10.2. The highest BCUT2D eigenvalue weighted by Crippen LogP contribution is 2.38. The van der Waals surface area contributed by atoms with Crippen LogP contribution in [0.5, 0.6) is 11.5 Å². The number of amides is 1. The molecule has 2 aromatic carbocycles. The molecule has 2 N–H and O–H groups in total. The van der Waals surface area contributed by atoms with Crippen molar-refractivity contribution in [2.45, 2.75) is 12.5 Å². The first-order chi connectivity index (χ1) is 9.22. The van der Waals surface area contributed by atoms with Crippen LogP contribution in [0.4, 0.5) is 4.79 Å². The first-order valence-electron chi connectivity index (χ1n) is 6.04. The summed E-state index contributed by atoms with van der Waals surface area (Å²) in [5.41, 5.74) is 7.22. The molecular weight excluding hydrogens is 242 g/mol. The summed E-state index contributed by atoms with van der Waals surface area (Å²) in [5, 5.41) is 0. The Morgan fingerprint density at radius 2 is 2.00 bits per heavy atom. The van der Waals surface area contributed by atoms with Gasteiger partial charge < -0.3 is 15.2 Å². The van der Waals surface area contributed by atoms with Gasteiger partial charge in [0.2, 0.25) is 0 Å². The Balaban J connectivity index is 1.82. The van der Waals surface area contributed by atoms with E-state index in [0.717, 1.165) is 23.3 Å². The van der Waals surface area contributed by atoms with E-state index in [9.17, 15) is 4.79 Å². The average molecular weight is 255 g/mol. The highest BCUT2D eigenvalue weighted by Gasteiger charge is 2.24. The Kier molecular flexibility index (Phi) is 2.83. The number of carbonyl (C=O) groups excluding carboxylic acids is 1. The molecule has 0 spiro atoms. The minimum Gasteiger partial charge on any atom is -0.485 e. The van der Waals surface area contributed by atoms with Gasteiger partial charge in [-0.15, -0.1) is 0 Å². The van der Waals surface area contributed by atoms with Crippen molar-refractivity contribution in [1.29, 1.82) is 0 Å². The summed E-state index contributed by atoms with van der Waals surface area (Å²) in [7, 11) is 0. The maximum atomic E-state index is 10.7. The lowest BCUT2D eigenvalue weighted by molar-refractivity contribution is 0.210. The van der Waals surface area contributed by atoms with Gasteiger partial charge >= 0.3 is 6.09 Å². The zero-order chi connectivity index (χ0) is 13.2. The van der Waals surface area contributed by atoms with Crippen LogP contribution in [-0.2, 0) is 6.42 Å². The number of hydrogen-bond acceptors (Lipinski definition) is 3.